The van der Waals surface area contributed by atoms with Crippen LogP contribution in [0.25, 0.3) is 0 Å². The summed E-state index contributed by atoms with van der Waals surface area (Å²) < 4.78 is 14.1. The molecule has 374 valence electrons. The van der Waals surface area contributed by atoms with E-state index < -0.39 is 165 Å². The summed E-state index contributed by atoms with van der Waals surface area (Å²) in [5.41, 5.74) is 6.16. The Morgan fingerprint density at radius 3 is 2.27 bits per heavy atom. The van der Waals surface area contributed by atoms with Crippen molar-refractivity contribution in [3.63, 3.8) is 0 Å². The Bertz CT molecular complexity index is 1940. The van der Waals surface area contributed by atoms with Crippen LogP contribution in [0.3, 0.4) is 0 Å². The van der Waals surface area contributed by atoms with E-state index in [1.807, 2.05) is 0 Å². The molecule has 67 heavy (non-hydrogen) atoms. The van der Waals surface area contributed by atoms with Crippen LogP contribution < -0.4 is 36.5 Å². The van der Waals surface area contributed by atoms with E-state index in [-0.39, 0.29) is 43.3 Å². The number of hydrogen-bond donors (Lipinski definition) is 14. The molecule has 1 aromatic rings. The SMILES string of the molecule is C=CCOC(=O)NCC[C@@H](O)[C@@H]1NC(=O)[C@H]([C@H](O)Cc2ccc(O)c(OSOOO)c2)NC(=O)[C@@H]2C[C@@H](O)CN2C(=O)[C@H]([C@@H](C)O)NC(=O)C(N)C[C@@H](O)CNC(=O)[C@@H]2[C@@H](O)[C@@H](C)CN2C1=O. The first-order valence-electron chi connectivity index (χ1n) is 21.0. The van der Waals surface area contributed by atoms with Gasteiger partial charge in [0.25, 0.3) is 12.3 Å². The van der Waals surface area contributed by atoms with Gasteiger partial charge in [-0.15, -0.1) is 0 Å². The molecule has 1 unspecified atom stereocenters. The van der Waals surface area contributed by atoms with Gasteiger partial charge < -0.3 is 86.8 Å². The molecule has 3 saturated heterocycles. The van der Waals surface area contributed by atoms with Gasteiger partial charge in [0.05, 0.1) is 42.7 Å². The molecule has 0 saturated carbocycles. The van der Waals surface area contributed by atoms with Crippen LogP contribution in [0.4, 0.5) is 4.79 Å². The first kappa shape index (κ1) is 54.2. The zero-order valence-electron chi connectivity index (χ0n) is 36.3. The second-order valence-electron chi connectivity index (χ2n) is 16.3. The van der Waals surface area contributed by atoms with Gasteiger partial charge in [-0.1, -0.05) is 35.0 Å². The van der Waals surface area contributed by atoms with Gasteiger partial charge in [-0.2, -0.15) is 0 Å². The van der Waals surface area contributed by atoms with Gasteiger partial charge >= 0.3 is 6.09 Å². The number of aliphatic hydroxyl groups excluding tert-OH is 6. The third-order valence-electron chi connectivity index (χ3n) is 11.2. The molecule has 0 spiro atoms. The van der Waals surface area contributed by atoms with Crippen LogP contribution in [0.2, 0.25) is 0 Å². The fraction of sp³-hybridized carbons (Fsp3) is 0.615. The number of aromatic hydroxyl groups is 1. The van der Waals surface area contributed by atoms with Gasteiger partial charge in [0.1, 0.15) is 36.8 Å². The topological polar surface area (TPSA) is 411 Å². The number of alkyl carbamates (subject to hydrolysis) is 1. The number of hydrogen-bond acceptors (Lipinski definition) is 21. The highest BCUT2D eigenvalue weighted by Gasteiger charge is 2.49. The van der Waals surface area contributed by atoms with Crippen molar-refractivity contribution in [1.82, 2.24) is 36.4 Å². The van der Waals surface area contributed by atoms with Gasteiger partial charge in [0.2, 0.25) is 35.4 Å². The average Bonchev–Trinajstić information content (AvgIpc) is 3.82. The van der Waals surface area contributed by atoms with Crippen molar-refractivity contribution in [2.75, 3.05) is 32.8 Å². The molecule has 3 fully saturated rings. The number of nitrogens with two attached hydrogens (primary N) is 1. The number of phenolic OH excluding ortho intramolecular Hbond substituents is 1. The molecule has 28 heteroatoms. The molecule has 3 aliphatic rings. The molecular formula is C39H58N8O19S. The van der Waals surface area contributed by atoms with Crippen LogP contribution in [-0.4, -0.2) is 198 Å². The number of carbonyl (C=O) groups excluding carboxylic acids is 7. The number of amides is 7. The minimum atomic E-state index is -2.11. The van der Waals surface area contributed by atoms with E-state index >= 15 is 0 Å². The second-order valence-corrected chi connectivity index (χ2v) is 16.7. The summed E-state index contributed by atoms with van der Waals surface area (Å²) in [6, 6.07) is -7.26. The maximum atomic E-state index is 14.6. The zero-order chi connectivity index (χ0) is 49.7. The van der Waals surface area contributed by atoms with Gasteiger partial charge in [0.15, 0.2) is 11.5 Å². The number of phenols is 1. The smallest absolute Gasteiger partial charge is 0.407 e. The Morgan fingerprint density at radius 1 is 0.925 bits per heavy atom. The Balaban J connectivity index is 1.81. The monoisotopic (exact) mass is 974 g/mol. The summed E-state index contributed by atoms with van der Waals surface area (Å²) in [6.45, 7) is 4.13. The molecule has 0 aliphatic carbocycles. The van der Waals surface area contributed by atoms with Crippen molar-refractivity contribution in [2.24, 2.45) is 11.7 Å². The van der Waals surface area contributed by atoms with Crippen LogP contribution in [0.5, 0.6) is 11.5 Å². The maximum absolute atomic E-state index is 14.6. The molecule has 0 radical (unpaired) electrons. The molecule has 3 aliphatic heterocycles. The predicted octanol–water partition coefficient (Wildman–Crippen LogP) is -5.47. The average molecular weight is 975 g/mol. The van der Waals surface area contributed by atoms with Gasteiger partial charge in [-0.25, -0.2) is 10.1 Å². The lowest BCUT2D eigenvalue weighted by atomic mass is 9.98. The quantitative estimate of drug-likeness (QED) is 0.0272. The number of β-amino-alcohol motifs (C(OH)–C–C–N with tert-alkyl or cyclic N) is 1. The summed E-state index contributed by atoms with van der Waals surface area (Å²) in [5.74, 6) is -8.35. The lowest BCUT2D eigenvalue weighted by molar-refractivity contribution is -0.433. The molecular weight excluding hydrogens is 917 g/mol. The summed E-state index contributed by atoms with van der Waals surface area (Å²) in [7, 11) is 0. The van der Waals surface area contributed by atoms with Crippen molar-refractivity contribution in [3.05, 3.63) is 36.4 Å². The molecule has 3 heterocycles. The number of nitrogens with zero attached hydrogens (tertiary/aromatic N) is 2. The largest absolute Gasteiger partial charge is 0.504 e. The first-order valence-corrected chi connectivity index (χ1v) is 21.6. The second kappa shape index (κ2) is 25.1. The van der Waals surface area contributed by atoms with E-state index in [9.17, 15) is 69.3 Å². The molecule has 7 amide bonds. The highest BCUT2D eigenvalue weighted by Crippen LogP contribution is 2.31. The highest BCUT2D eigenvalue weighted by atomic mass is 32.2. The Morgan fingerprint density at radius 2 is 1.60 bits per heavy atom. The van der Waals surface area contributed by atoms with Crippen LogP contribution in [-0.2, 0) is 49.3 Å². The standard InChI is InChI=1S/C39H58N8O19S/c1-4-9-63-39(61)41-8-7-25(52)30-38(60)47-15-17(2)32(54)31(47)36(58)42-14-20(49)12-22(40)33(55)43-28(18(3)48)37(59)46-16-21(50)13-23(46)34(56)44-29(35(57)45-30)26(53)10-19-5-6-24(51)27(11-19)64-67-66-65-62/h4-6,11,17-18,20-23,25-26,28-32,48-54,62H,1,7-10,12-16,40H2,2-3H3,(H,41,61)(H,42,58)(H,43,55)(H,44,56)(H,45,57)/t17-,18+,20+,21+,22?,23-,25+,26+,28-,29-,30-,31-,32-/m0/s1. The number of ether oxygens (including phenoxy) is 1. The van der Waals surface area contributed by atoms with E-state index in [2.05, 4.69) is 42.5 Å². The van der Waals surface area contributed by atoms with E-state index in [1.165, 1.54) is 19.1 Å². The normalized spacial score (nSPS) is 29.5. The van der Waals surface area contributed by atoms with Crippen molar-refractivity contribution in [2.45, 2.75) is 112 Å². The van der Waals surface area contributed by atoms with E-state index in [4.69, 9.17) is 19.9 Å². The van der Waals surface area contributed by atoms with Crippen molar-refractivity contribution in [1.29, 1.82) is 0 Å². The third-order valence-corrected chi connectivity index (χ3v) is 11.5. The molecule has 15 N–H and O–H groups in total. The van der Waals surface area contributed by atoms with Gasteiger partial charge in [0, 0.05) is 44.9 Å². The maximum Gasteiger partial charge on any atom is 0.407 e. The van der Waals surface area contributed by atoms with E-state index in [1.54, 1.807) is 0 Å². The summed E-state index contributed by atoms with van der Waals surface area (Å²) >= 11 is 0.0744. The third kappa shape index (κ3) is 14.5. The molecule has 13 atom stereocenters. The molecule has 0 aromatic heterocycles. The number of benzene rings is 1. The number of nitrogens with one attached hydrogen (secondary N) is 5. The van der Waals surface area contributed by atoms with E-state index in [0.717, 1.165) is 28.9 Å². The highest BCUT2D eigenvalue weighted by molar-refractivity contribution is 7.90. The van der Waals surface area contributed by atoms with Crippen LogP contribution in [0.1, 0.15) is 38.7 Å². The van der Waals surface area contributed by atoms with Gasteiger partial charge in [-0.3, -0.25) is 28.8 Å². The fourth-order valence-electron chi connectivity index (χ4n) is 7.67. The van der Waals surface area contributed by atoms with Gasteiger partial charge in [-0.05, 0) is 37.5 Å². The van der Waals surface area contributed by atoms with Crippen LogP contribution >= 0.6 is 12.3 Å². The zero-order valence-corrected chi connectivity index (χ0v) is 37.2. The van der Waals surface area contributed by atoms with Crippen molar-refractivity contribution in [3.8, 4) is 11.5 Å². The summed E-state index contributed by atoms with van der Waals surface area (Å²) in [4.78, 5) is 98.1. The molecule has 27 nitrogen and oxygen atoms in total. The number of rotatable bonds is 14. The first-order chi connectivity index (χ1) is 31.7. The summed E-state index contributed by atoms with van der Waals surface area (Å²) in [6.07, 6.45) is -11.6. The Labute approximate surface area is 387 Å². The minimum Gasteiger partial charge on any atom is -0.504 e. The predicted molar refractivity (Wildman–Crippen MR) is 227 cm³/mol. The number of aliphatic hydroxyl groups is 6. The molecule has 1 aromatic carbocycles. The van der Waals surface area contributed by atoms with Crippen molar-refractivity contribution >= 4 is 53.9 Å². The van der Waals surface area contributed by atoms with Crippen LogP contribution in [0.15, 0.2) is 30.9 Å². The lowest BCUT2D eigenvalue weighted by Gasteiger charge is -2.34. The lowest BCUT2D eigenvalue weighted by Crippen LogP contribution is -2.64. The van der Waals surface area contributed by atoms with Crippen LogP contribution in [0, 0.1) is 5.92 Å². The Kier molecular flexibility index (Phi) is 20.3. The molecule has 0 bridgehead atoms. The van der Waals surface area contributed by atoms with E-state index in [0.29, 0.717) is 0 Å². The number of fused-ring (bicyclic) bond motifs is 2. The summed E-state index contributed by atoms with van der Waals surface area (Å²) in [5, 5.41) is 100. The minimum absolute atomic E-state index is 0.0744. The Hall–Kier alpha value is -5.40. The molecule has 4 rings (SSSR count). The number of carbonyl (C=O) groups is 7. The fourth-order valence-corrected chi connectivity index (χ4v) is 7.93. The van der Waals surface area contributed by atoms with Crippen molar-refractivity contribution < 1.29 is 92.9 Å².